The molecule has 0 bridgehead atoms. The molecule has 0 fully saturated rings. The van der Waals surface area contributed by atoms with Crippen LogP contribution in [0.15, 0.2) is 6.20 Å². The molecule has 0 aliphatic heterocycles. The molecule has 0 amide bonds. The molecule has 16 heavy (non-hydrogen) atoms. The summed E-state index contributed by atoms with van der Waals surface area (Å²) in [6.07, 6.45) is 2.46. The molecule has 5 N–H and O–H groups in total. The number of rotatable bonds is 4. The second kappa shape index (κ2) is 4.71. The Morgan fingerprint density at radius 3 is 2.75 bits per heavy atom. The third-order valence-corrected chi connectivity index (χ3v) is 2.38. The Bertz CT molecular complexity index is 456. The number of hydrogen-bond donors (Lipinski definition) is 4. The molecule has 0 aliphatic carbocycles. The number of pyridine rings is 1. The van der Waals surface area contributed by atoms with E-state index in [0.717, 1.165) is 6.21 Å². The van der Waals surface area contributed by atoms with Gasteiger partial charge in [-0.15, -0.1) is 0 Å². The van der Waals surface area contributed by atoms with Gasteiger partial charge < -0.3 is 14.9 Å². The van der Waals surface area contributed by atoms with Crippen LogP contribution in [0.2, 0.25) is 0 Å². The first-order valence-corrected chi connectivity index (χ1v) is 5.80. The molecule has 0 aliphatic rings. The number of phosphoric ester groups is 1. The second-order valence-corrected chi connectivity index (χ2v) is 4.30. The van der Waals surface area contributed by atoms with E-state index in [1.54, 1.807) is 6.92 Å². The third kappa shape index (κ3) is 3.11. The number of aromatic hydroxyl groups is 1. The van der Waals surface area contributed by atoms with Crippen LogP contribution in [-0.4, -0.2) is 26.1 Å². The molecule has 0 saturated carbocycles. The maximum absolute atomic E-state index is 10.5. The average molecular weight is 247 g/mol. The van der Waals surface area contributed by atoms with Gasteiger partial charge in [0, 0.05) is 11.8 Å². The Morgan fingerprint density at radius 1 is 1.62 bits per heavy atom. The lowest BCUT2D eigenvalue weighted by molar-refractivity contribution is -0.104. The number of aryl methyl sites for hydroxylation is 1. The fraction of sp³-hybridized carbons (Fsp3) is 0.250. The molecule has 1 aromatic rings. The number of phosphoric acid groups is 1. The summed E-state index contributed by atoms with van der Waals surface area (Å²) in [6.45, 7) is 1.20. The average Bonchev–Trinajstić information content (AvgIpc) is 2.18. The molecular weight excluding hydrogens is 235 g/mol. The highest BCUT2D eigenvalue weighted by atomic mass is 31.2. The molecule has 0 saturated heterocycles. The molecule has 1 rings (SSSR count). The van der Waals surface area contributed by atoms with E-state index >= 15 is 0 Å². The van der Waals surface area contributed by atoms with E-state index in [4.69, 9.17) is 15.2 Å². The second-order valence-electron chi connectivity index (χ2n) is 3.06. The normalized spacial score (nSPS) is 11.4. The number of aromatic nitrogens is 1. The van der Waals surface area contributed by atoms with Crippen LogP contribution in [0.3, 0.4) is 0 Å². The van der Waals surface area contributed by atoms with E-state index in [1.165, 1.54) is 6.20 Å². The molecule has 1 aromatic heterocycles. The van der Waals surface area contributed by atoms with Crippen molar-refractivity contribution in [2.45, 2.75) is 13.5 Å². The first-order valence-electron chi connectivity index (χ1n) is 4.27. The van der Waals surface area contributed by atoms with Crippen LogP contribution >= 0.6 is 7.82 Å². The lowest BCUT2D eigenvalue weighted by atomic mass is 10.1. The fourth-order valence-corrected chi connectivity index (χ4v) is 1.41. The highest BCUT2D eigenvalue weighted by Crippen LogP contribution is 2.37. The smallest absolute Gasteiger partial charge is 0.469 e. The maximum atomic E-state index is 10.5. The predicted molar refractivity (Wildman–Crippen MR) is 54.6 cm³/mol. The van der Waals surface area contributed by atoms with Crippen molar-refractivity contribution in [2.24, 2.45) is 0 Å². The molecule has 1 heterocycles. The number of hydrogen-bond acceptors (Lipinski definition) is 4. The molecule has 0 spiro atoms. The number of nitrogens with two attached hydrogens (primary N) is 1. The minimum absolute atomic E-state index is 0.130. The van der Waals surface area contributed by atoms with Crippen molar-refractivity contribution < 1.29 is 29.4 Å². The Hall–Kier alpha value is -1.27. The van der Waals surface area contributed by atoms with Crippen LogP contribution in [0.1, 0.15) is 16.8 Å². The van der Waals surface area contributed by atoms with Crippen LogP contribution in [0, 0.1) is 6.92 Å². The quantitative estimate of drug-likeness (QED) is 0.394. The van der Waals surface area contributed by atoms with Crippen LogP contribution in [-0.2, 0) is 15.7 Å². The van der Waals surface area contributed by atoms with Gasteiger partial charge in [-0.25, -0.2) is 4.57 Å². The van der Waals surface area contributed by atoms with Crippen LogP contribution in [0.5, 0.6) is 5.75 Å². The lowest BCUT2D eigenvalue weighted by Crippen LogP contribution is -2.30. The monoisotopic (exact) mass is 247 g/mol. The van der Waals surface area contributed by atoms with Gasteiger partial charge in [-0.2, -0.15) is 0 Å². The molecule has 88 valence electrons. The van der Waals surface area contributed by atoms with Gasteiger partial charge in [-0.3, -0.25) is 14.9 Å². The SMILES string of the molecule is Cc1ncc(COP(=O)(O)O)c(C=[NH2+])c1O. The Balaban J connectivity index is 3.01. The molecule has 0 unspecified atom stereocenters. The standard InChI is InChI=1S/C8H11N2O5P/c1-5-8(11)7(2-9)6(3-10-5)4-15-16(12,13)14/h2-3,9,11H,4H2,1H3,(H2,12,13,14)/p+1. The van der Waals surface area contributed by atoms with E-state index in [1.807, 2.05) is 0 Å². The van der Waals surface area contributed by atoms with Crippen molar-refractivity contribution in [3.8, 4) is 5.75 Å². The van der Waals surface area contributed by atoms with Crippen molar-refractivity contribution in [3.63, 3.8) is 0 Å². The van der Waals surface area contributed by atoms with E-state index in [9.17, 15) is 9.67 Å². The first-order chi connectivity index (χ1) is 7.35. The zero-order valence-corrected chi connectivity index (χ0v) is 9.39. The van der Waals surface area contributed by atoms with Crippen LogP contribution < -0.4 is 5.41 Å². The highest BCUT2D eigenvalue weighted by molar-refractivity contribution is 7.46. The van der Waals surface area contributed by atoms with Crippen molar-refractivity contribution in [1.29, 1.82) is 0 Å². The van der Waals surface area contributed by atoms with E-state index in [0.29, 0.717) is 11.3 Å². The first kappa shape index (κ1) is 12.8. The fourth-order valence-electron chi connectivity index (χ4n) is 1.11. The summed E-state index contributed by atoms with van der Waals surface area (Å²) in [5.41, 5.74) is 0.923. The van der Waals surface area contributed by atoms with Crippen molar-refractivity contribution >= 4 is 14.0 Å². The maximum Gasteiger partial charge on any atom is 0.469 e. The van der Waals surface area contributed by atoms with Crippen molar-refractivity contribution in [2.75, 3.05) is 0 Å². The van der Waals surface area contributed by atoms with Gasteiger partial charge in [0.1, 0.15) is 5.75 Å². The Kier molecular flexibility index (Phi) is 3.77. The minimum atomic E-state index is -4.55. The van der Waals surface area contributed by atoms with Gasteiger partial charge in [-0.05, 0) is 6.92 Å². The Labute approximate surface area is 91.5 Å². The molecule has 0 atom stereocenters. The summed E-state index contributed by atoms with van der Waals surface area (Å²) in [5.74, 6) is -0.130. The molecule has 0 radical (unpaired) electrons. The highest BCUT2D eigenvalue weighted by Gasteiger charge is 2.17. The van der Waals surface area contributed by atoms with Gasteiger partial charge in [0.2, 0.25) is 0 Å². The summed E-state index contributed by atoms with van der Waals surface area (Å²) in [6, 6.07) is 0. The van der Waals surface area contributed by atoms with Gasteiger partial charge in [0.25, 0.3) is 0 Å². The van der Waals surface area contributed by atoms with Crippen LogP contribution in [0.4, 0.5) is 0 Å². The van der Waals surface area contributed by atoms with E-state index in [-0.39, 0.29) is 17.9 Å². The molecular formula is C8H12N2O5P+. The Morgan fingerprint density at radius 2 is 2.25 bits per heavy atom. The summed E-state index contributed by atoms with van der Waals surface area (Å²) in [5, 5.41) is 14.9. The molecule has 7 nitrogen and oxygen atoms in total. The predicted octanol–water partition coefficient (Wildman–Crippen LogP) is -1.12. The lowest BCUT2D eigenvalue weighted by Gasteiger charge is -2.08. The van der Waals surface area contributed by atoms with E-state index in [2.05, 4.69) is 9.51 Å². The third-order valence-electron chi connectivity index (χ3n) is 1.91. The summed E-state index contributed by atoms with van der Waals surface area (Å²) >= 11 is 0. The van der Waals surface area contributed by atoms with Crippen molar-refractivity contribution in [1.82, 2.24) is 4.98 Å². The molecule has 0 aromatic carbocycles. The van der Waals surface area contributed by atoms with E-state index < -0.39 is 7.82 Å². The summed E-state index contributed by atoms with van der Waals surface area (Å²) in [7, 11) is -4.55. The van der Waals surface area contributed by atoms with Gasteiger partial charge >= 0.3 is 7.82 Å². The minimum Gasteiger partial charge on any atom is -0.505 e. The topological polar surface area (TPSA) is 125 Å². The largest absolute Gasteiger partial charge is 0.505 e. The zero-order chi connectivity index (χ0) is 12.3. The van der Waals surface area contributed by atoms with Gasteiger partial charge in [0.05, 0.1) is 17.9 Å². The van der Waals surface area contributed by atoms with Gasteiger partial charge in [-0.1, -0.05) is 0 Å². The summed E-state index contributed by atoms with van der Waals surface area (Å²) in [4.78, 5) is 20.9. The molecule has 8 heteroatoms. The zero-order valence-electron chi connectivity index (χ0n) is 8.49. The number of nitrogens with zero attached hydrogens (tertiary/aromatic N) is 1. The van der Waals surface area contributed by atoms with Crippen molar-refractivity contribution in [3.05, 3.63) is 23.0 Å². The van der Waals surface area contributed by atoms with Gasteiger partial charge in [0.15, 0.2) is 6.21 Å². The van der Waals surface area contributed by atoms with Crippen LogP contribution in [0.25, 0.3) is 0 Å². The summed E-state index contributed by atoms with van der Waals surface area (Å²) < 4.78 is 14.8.